The fraction of sp³-hybridized carbons (Fsp3) is 0.217. The molecule has 5 heteroatoms. The molecule has 2 heterocycles. The Labute approximate surface area is 164 Å². The second kappa shape index (κ2) is 7.71. The topological polar surface area (TPSA) is 77.1 Å². The summed E-state index contributed by atoms with van der Waals surface area (Å²) in [5, 5.41) is 20.5. The van der Waals surface area contributed by atoms with Crippen LogP contribution in [0.15, 0.2) is 66.4 Å². The summed E-state index contributed by atoms with van der Waals surface area (Å²) >= 11 is 0. The van der Waals surface area contributed by atoms with Crippen molar-refractivity contribution in [3.8, 4) is 6.07 Å². The standard InChI is InChI=1S/C23H22N4O/c1-16(27-13-11-18(12-14-27)17-7-3-2-4-8-17)22(28)19(15-24)23-25-20-9-5-6-10-21(20)26-23/h2-11,16,28H,12-14H2,1H3,(H,25,26)/p+1/b22-19-/t16-/m1/s1. The summed E-state index contributed by atoms with van der Waals surface area (Å²) in [5.41, 5.74) is 4.46. The number of allylic oxidation sites excluding steroid dienone is 1. The molecule has 3 N–H and O–H groups in total. The lowest BCUT2D eigenvalue weighted by molar-refractivity contribution is -0.914. The van der Waals surface area contributed by atoms with E-state index >= 15 is 0 Å². The number of para-hydroxylation sites is 2. The maximum atomic E-state index is 10.8. The third-order valence-electron chi connectivity index (χ3n) is 5.49. The molecular formula is C23H23N4O+. The molecule has 5 nitrogen and oxygen atoms in total. The Kier molecular flexibility index (Phi) is 4.96. The van der Waals surface area contributed by atoms with Crippen molar-refractivity contribution in [2.24, 2.45) is 0 Å². The molecule has 2 aromatic carbocycles. The summed E-state index contributed by atoms with van der Waals surface area (Å²) in [6.45, 7) is 3.69. The summed E-state index contributed by atoms with van der Waals surface area (Å²) in [7, 11) is 0. The van der Waals surface area contributed by atoms with Gasteiger partial charge in [0.1, 0.15) is 17.7 Å². The summed E-state index contributed by atoms with van der Waals surface area (Å²) in [6, 6.07) is 20.0. The summed E-state index contributed by atoms with van der Waals surface area (Å²) in [4.78, 5) is 8.85. The second-order valence-electron chi connectivity index (χ2n) is 7.15. The van der Waals surface area contributed by atoms with E-state index in [0.29, 0.717) is 5.82 Å². The number of fused-ring (bicyclic) bond motifs is 1. The molecule has 140 valence electrons. The number of hydrogen-bond acceptors (Lipinski definition) is 3. The van der Waals surface area contributed by atoms with Gasteiger partial charge in [0.25, 0.3) is 0 Å². The predicted octanol–water partition coefficient (Wildman–Crippen LogP) is 3.12. The van der Waals surface area contributed by atoms with Crippen LogP contribution in [-0.2, 0) is 0 Å². The van der Waals surface area contributed by atoms with Crippen LogP contribution < -0.4 is 4.90 Å². The van der Waals surface area contributed by atoms with Gasteiger partial charge < -0.3 is 15.0 Å². The van der Waals surface area contributed by atoms with E-state index in [0.717, 1.165) is 30.5 Å². The van der Waals surface area contributed by atoms with Crippen LogP contribution >= 0.6 is 0 Å². The van der Waals surface area contributed by atoms with E-state index < -0.39 is 0 Å². The third kappa shape index (κ3) is 3.42. The Morgan fingerprint density at radius 1 is 1.18 bits per heavy atom. The van der Waals surface area contributed by atoms with Crippen molar-refractivity contribution >= 4 is 22.2 Å². The highest BCUT2D eigenvalue weighted by Crippen LogP contribution is 2.21. The minimum atomic E-state index is -0.184. The number of aliphatic hydroxyl groups excluding tert-OH is 1. The molecule has 0 amide bonds. The van der Waals surface area contributed by atoms with Crippen molar-refractivity contribution in [3.63, 3.8) is 0 Å². The van der Waals surface area contributed by atoms with E-state index in [1.807, 2.05) is 37.3 Å². The Hall–Kier alpha value is -3.36. The molecule has 0 spiro atoms. The monoisotopic (exact) mass is 371 g/mol. The number of nitrogens with one attached hydrogen (secondary N) is 2. The lowest BCUT2D eigenvalue weighted by atomic mass is 9.98. The number of rotatable bonds is 4. The Balaban J connectivity index is 1.57. The quantitative estimate of drug-likeness (QED) is 0.487. The van der Waals surface area contributed by atoms with Gasteiger partial charge in [-0.15, -0.1) is 0 Å². The highest BCUT2D eigenvalue weighted by Gasteiger charge is 2.28. The number of nitriles is 1. The van der Waals surface area contributed by atoms with E-state index in [9.17, 15) is 10.4 Å². The third-order valence-corrected chi connectivity index (χ3v) is 5.49. The van der Waals surface area contributed by atoms with Crippen molar-refractivity contribution in [3.05, 3.63) is 77.8 Å². The molecular weight excluding hydrogens is 348 g/mol. The van der Waals surface area contributed by atoms with Crippen molar-refractivity contribution in [2.75, 3.05) is 13.1 Å². The molecule has 0 aliphatic carbocycles. The van der Waals surface area contributed by atoms with E-state index in [1.54, 1.807) is 0 Å². The number of aliphatic hydroxyl groups is 1. The zero-order valence-corrected chi connectivity index (χ0v) is 15.8. The second-order valence-corrected chi connectivity index (χ2v) is 7.15. The fourth-order valence-electron chi connectivity index (χ4n) is 3.77. The van der Waals surface area contributed by atoms with Crippen molar-refractivity contribution in [2.45, 2.75) is 19.4 Å². The van der Waals surface area contributed by atoms with Crippen molar-refractivity contribution in [1.29, 1.82) is 5.26 Å². The average molecular weight is 371 g/mol. The Morgan fingerprint density at radius 2 is 1.93 bits per heavy atom. The van der Waals surface area contributed by atoms with Gasteiger partial charge in [0.05, 0.1) is 24.1 Å². The highest BCUT2D eigenvalue weighted by atomic mass is 16.3. The Bertz CT molecular complexity index is 1060. The first-order chi connectivity index (χ1) is 13.7. The summed E-state index contributed by atoms with van der Waals surface area (Å²) < 4.78 is 0. The number of hydrogen-bond donors (Lipinski definition) is 3. The van der Waals surface area contributed by atoms with Gasteiger partial charge >= 0.3 is 0 Å². The zero-order valence-electron chi connectivity index (χ0n) is 15.8. The number of benzene rings is 2. The van der Waals surface area contributed by atoms with Gasteiger partial charge in [-0.25, -0.2) is 4.98 Å². The largest absolute Gasteiger partial charge is 0.505 e. The van der Waals surface area contributed by atoms with E-state index in [-0.39, 0.29) is 17.4 Å². The first-order valence-corrected chi connectivity index (χ1v) is 9.54. The Morgan fingerprint density at radius 3 is 2.61 bits per heavy atom. The van der Waals surface area contributed by atoms with Crippen LogP contribution in [0.2, 0.25) is 0 Å². The fourth-order valence-corrected chi connectivity index (χ4v) is 3.77. The van der Waals surface area contributed by atoms with Crippen LogP contribution in [0.1, 0.15) is 24.7 Å². The van der Waals surface area contributed by atoms with Crippen LogP contribution in [0.25, 0.3) is 22.2 Å². The SMILES string of the molecule is C[C@H](/C(O)=C(\C#N)c1nc2ccccc2[nH]1)[NH+]1CC=C(c2ccccc2)CC1. The normalized spacial score (nSPS) is 18.9. The average Bonchev–Trinajstić information content (AvgIpc) is 3.18. The number of quaternary nitrogens is 1. The minimum absolute atomic E-state index is 0.0908. The molecule has 2 atom stereocenters. The van der Waals surface area contributed by atoms with Gasteiger partial charge in [0, 0.05) is 6.42 Å². The number of aromatic nitrogens is 2. The van der Waals surface area contributed by atoms with E-state index in [2.05, 4.69) is 46.4 Å². The molecule has 3 aromatic rings. The lowest BCUT2D eigenvalue weighted by Gasteiger charge is -2.29. The van der Waals surface area contributed by atoms with Crippen LogP contribution in [0, 0.1) is 11.3 Å². The van der Waals surface area contributed by atoms with E-state index in [1.165, 1.54) is 16.0 Å². The lowest BCUT2D eigenvalue weighted by Crippen LogP contribution is -3.16. The molecule has 4 rings (SSSR count). The van der Waals surface area contributed by atoms with Crippen LogP contribution in [0.3, 0.4) is 0 Å². The molecule has 1 aliphatic rings. The number of nitrogens with zero attached hydrogens (tertiary/aromatic N) is 2. The molecule has 0 saturated heterocycles. The zero-order chi connectivity index (χ0) is 19.5. The highest BCUT2D eigenvalue weighted by molar-refractivity contribution is 5.82. The van der Waals surface area contributed by atoms with Gasteiger partial charge in [-0.3, -0.25) is 0 Å². The molecule has 1 unspecified atom stereocenters. The maximum absolute atomic E-state index is 10.8. The van der Waals surface area contributed by atoms with Gasteiger partial charge in [-0.05, 0) is 36.3 Å². The van der Waals surface area contributed by atoms with Gasteiger partial charge in [-0.1, -0.05) is 42.5 Å². The van der Waals surface area contributed by atoms with E-state index in [4.69, 9.17) is 0 Å². The molecule has 0 saturated carbocycles. The first kappa shape index (κ1) is 18.0. The van der Waals surface area contributed by atoms with Crippen LogP contribution in [0.5, 0.6) is 0 Å². The molecule has 28 heavy (non-hydrogen) atoms. The molecule has 1 aliphatic heterocycles. The number of H-pyrrole nitrogens is 1. The van der Waals surface area contributed by atoms with Gasteiger partial charge in [0.15, 0.2) is 11.6 Å². The van der Waals surface area contributed by atoms with Crippen LogP contribution in [-0.4, -0.2) is 34.2 Å². The van der Waals surface area contributed by atoms with Gasteiger partial charge in [0.2, 0.25) is 0 Å². The minimum Gasteiger partial charge on any atom is -0.505 e. The van der Waals surface area contributed by atoms with Crippen LogP contribution in [0.4, 0.5) is 0 Å². The first-order valence-electron chi connectivity index (χ1n) is 9.54. The van der Waals surface area contributed by atoms with Gasteiger partial charge in [-0.2, -0.15) is 5.26 Å². The summed E-state index contributed by atoms with van der Waals surface area (Å²) in [5.74, 6) is 0.512. The summed E-state index contributed by atoms with van der Waals surface area (Å²) in [6.07, 6.45) is 3.19. The number of imidazole rings is 1. The molecule has 1 aromatic heterocycles. The molecule has 0 fully saturated rings. The molecule has 0 radical (unpaired) electrons. The molecule has 0 bridgehead atoms. The van der Waals surface area contributed by atoms with Crippen molar-refractivity contribution in [1.82, 2.24) is 9.97 Å². The van der Waals surface area contributed by atoms with Crippen molar-refractivity contribution < 1.29 is 10.0 Å². The number of aromatic amines is 1. The smallest absolute Gasteiger partial charge is 0.172 e. The maximum Gasteiger partial charge on any atom is 0.172 e. The predicted molar refractivity (Wildman–Crippen MR) is 110 cm³/mol.